The van der Waals surface area contributed by atoms with Crippen LogP contribution >= 0.6 is 0 Å². The Balaban J connectivity index is 1.67. The van der Waals surface area contributed by atoms with Crippen molar-refractivity contribution in [3.05, 3.63) is 65.7 Å². The molecule has 0 fully saturated rings. The van der Waals surface area contributed by atoms with Crippen molar-refractivity contribution in [1.29, 1.82) is 0 Å². The van der Waals surface area contributed by atoms with Crippen molar-refractivity contribution in [3.8, 4) is 11.1 Å². The largest absolute Gasteiger partial charge is 0.383 e. The summed E-state index contributed by atoms with van der Waals surface area (Å²) in [5.74, 6) is -3.23. The van der Waals surface area contributed by atoms with Gasteiger partial charge in [0.25, 0.3) is 0 Å². The van der Waals surface area contributed by atoms with Crippen LogP contribution in [0.25, 0.3) is 22.2 Å². The van der Waals surface area contributed by atoms with Gasteiger partial charge in [-0.1, -0.05) is 6.92 Å². The molecule has 0 aliphatic heterocycles. The zero-order valence-corrected chi connectivity index (χ0v) is 20.8. The van der Waals surface area contributed by atoms with Gasteiger partial charge in [0.05, 0.1) is 23.6 Å². The van der Waals surface area contributed by atoms with E-state index < -0.39 is 38.7 Å². The first-order valence-electron chi connectivity index (χ1n) is 11.3. The normalized spacial score (nSPS) is 11.6. The predicted molar refractivity (Wildman–Crippen MR) is 135 cm³/mol. The summed E-state index contributed by atoms with van der Waals surface area (Å²) < 4.78 is 61.1. The van der Waals surface area contributed by atoms with Crippen molar-refractivity contribution in [2.24, 2.45) is 0 Å². The van der Waals surface area contributed by atoms with Crippen LogP contribution in [0, 0.1) is 11.6 Å². The summed E-state index contributed by atoms with van der Waals surface area (Å²) in [6.07, 6.45) is 6.30. The number of carbonyl (C=O) groups is 1. The van der Waals surface area contributed by atoms with E-state index in [0.29, 0.717) is 47.7 Å². The number of aromatic nitrogens is 4. The predicted octanol–water partition coefficient (Wildman–Crippen LogP) is 3.74. The molecule has 37 heavy (non-hydrogen) atoms. The van der Waals surface area contributed by atoms with E-state index in [1.165, 1.54) is 6.20 Å². The van der Waals surface area contributed by atoms with E-state index in [4.69, 9.17) is 4.74 Å². The van der Waals surface area contributed by atoms with E-state index in [2.05, 4.69) is 30.0 Å². The zero-order valence-electron chi connectivity index (χ0n) is 20.0. The van der Waals surface area contributed by atoms with Crippen LogP contribution in [0.15, 0.2) is 43.0 Å². The molecule has 0 saturated carbocycles. The van der Waals surface area contributed by atoms with E-state index >= 15 is 4.39 Å². The molecule has 0 unspecified atom stereocenters. The lowest BCUT2D eigenvalue weighted by molar-refractivity contribution is 0.103. The Kier molecular flexibility index (Phi) is 7.74. The molecule has 0 amide bonds. The first kappa shape index (κ1) is 26.1. The van der Waals surface area contributed by atoms with E-state index in [0.717, 1.165) is 12.1 Å². The van der Waals surface area contributed by atoms with E-state index in [-0.39, 0.29) is 11.3 Å². The number of rotatable bonds is 11. The number of H-pyrrole nitrogens is 1. The number of hydrogen-bond donors (Lipinski definition) is 3. The van der Waals surface area contributed by atoms with E-state index in [1.807, 2.05) is 0 Å². The molecule has 3 N–H and O–H groups in total. The Morgan fingerprint density at radius 1 is 1.11 bits per heavy atom. The number of hydrogen-bond acceptors (Lipinski definition) is 8. The van der Waals surface area contributed by atoms with Gasteiger partial charge in [0.15, 0.2) is 5.82 Å². The Bertz CT molecular complexity index is 1540. The summed E-state index contributed by atoms with van der Waals surface area (Å²) in [6, 6.07) is 3.42. The molecule has 3 aromatic heterocycles. The lowest BCUT2D eigenvalue weighted by atomic mass is 10.0. The number of fused-ring (bicyclic) bond motifs is 1. The number of nitrogens with one attached hydrogen (secondary N) is 3. The number of ketones is 1. The summed E-state index contributed by atoms with van der Waals surface area (Å²) >= 11 is 0. The molecular weight excluding hydrogens is 506 g/mol. The van der Waals surface area contributed by atoms with Crippen LogP contribution < -0.4 is 10.0 Å². The number of anilines is 2. The van der Waals surface area contributed by atoms with Crippen molar-refractivity contribution in [3.63, 3.8) is 0 Å². The smallest absolute Gasteiger partial charge is 0.232 e. The Hall–Kier alpha value is -3.97. The molecule has 194 valence electrons. The number of carbonyl (C=O) groups excluding carboxylic acids is 1. The molecule has 0 bridgehead atoms. The highest BCUT2D eigenvalue weighted by molar-refractivity contribution is 7.92. The van der Waals surface area contributed by atoms with Crippen LogP contribution in [0.1, 0.15) is 29.3 Å². The van der Waals surface area contributed by atoms with Crippen LogP contribution in [-0.2, 0) is 14.8 Å². The fourth-order valence-corrected chi connectivity index (χ4v) is 4.78. The highest BCUT2D eigenvalue weighted by Crippen LogP contribution is 2.29. The number of aromatic amines is 1. The second-order valence-corrected chi connectivity index (χ2v) is 9.91. The van der Waals surface area contributed by atoms with Gasteiger partial charge in [0.2, 0.25) is 21.8 Å². The molecule has 4 rings (SSSR count). The minimum atomic E-state index is -3.86. The first-order chi connectivity index (χ1) is 17.7. The highest BCUT2D eigenvalue weighted by Gasteiger charge is 2.26. The molecule has 13 heteroatoms. The molecule has 0 aliphatic rings. The van der Waals surface area contributed by atoms with Gasteiger partial charge in [-0.15, -0.1) is 0 Å². The van der Waals surface area contributed by atoms with Crippen LogP contribution in [0.4, 0.5) is 20.4 Å². The molecule has 3 heterocycles. The molecule has 4 aromatic rings. The topological polar surface area (TPSA) is 139 Å². The van der Waals surface area contributed by atoms with Gasteiger partial charge in [-0.2, -0.15) is 0 Å². The number of nitrogens with zero attached hydrogens (tertiary/aromatic N) is 3. The lowest BCUT2D eigenvalue weighted by Gasteiger charge is -2.11. The molecule has 0 radical (unpaired) electrons. The van der Waals surface area contributed by atoms with Crippen LogP contribution in [0.5, 0.6) is 0 Å². The average molecular weight is 531 g/mol. The maximum Gasteiger partial charge on any atom is 0.232 e. The van der Waals surface area contributed by atoms with Crippen molar-refractivity contribution >= 4 is 38.5 Å². The summed E-state index contributed by atoms with van der Waals surface area (Å²) in [5.41, 5.74) is 0.0922. The number of pyridine rings is 1. The van der Waals surface area contributed by atoms with Gasteiger partial charge < -0.3 is 15.0 Å². The van der Waals surface area contributed by atoms with Gasteiger partial charge in [-0.25, -0.2) is 32.2 Å². The third-order valence-electron chi connectivity index (χ3n) is 5.41. The second-order valence-electron chi connectivity index (χ2n) is 8.07. The first-order valence-corrected chi connectivity index (χ1v) is 12.9. The van der Waals surface area contributed by atoms with Crippen molar-refractivity contribution in [2.45, 2.75) is 13.3 Å². The van der Waals surface area contributed by atoms with Gasteiger partial charge in [0, 0.05) is 60.5 Å². The number of sulfonamides is 1. The fraction of sp³-hybridized carbons (Fsp3) is 0.250. The highest BCUT2D eigenvalue weighted by atomic mass is 32.2. The van der Waals surface area contributed by atoms with Crippen molar-refractivity contribution < 1.29 is 26.7 Å². The maximum atomic E-state index is 15.2. The number of methoxy groups -OCH3 is 1. The van der Waals surface area contributed by atoms with E-state index in [1.54, 1.807) is 38.7 Å². The minimum absolute atomic E-state index is 0.0329. The molecular formula is C24H24F2N6O4S. The van der Waals surface area contributed by atoms with Crippen LogP contribution in [0.3, 0.4) is 0 Å². The molecule has 0 saturated heterocycles. The summed E-state index contributed by atoms with van der Waals surface area (Å²) in [6.45, 7) is 2.67. The molecule has 0 atom stereocenters. The van der Waals surface area contributed by atoms with Crippen LogP contribution in [0.2, 0.25) is 0 Å². The van der Waals surface area contributed by atoms with Crippen LogP contribution in [-0.4, -0.2) is 60.2 Å². The quantitative estimate of drug-likeness (QED) is 0.197. The van der Waals surface area contributed by atoms with Gasteiger partial charge in [-0.05, 0) is 24.6 Å². The Morgan fingerprint density at radius 2 is 1.84 bits per heavy atom. The third-order valence-corrected chi connectivity index (χ3v) is 6.88. The third kappa shape index (κ3) is 5.73. The van der Waals surface area contributed by atoms with Crippen molar-refractivity contribution in [2.75, 3.05) is 36.1 Å². The maximum absolute atomic E-state index is 15.2. The molecule has 0 spiro atoms. The summed E-state index contributed by atoms with van der Waals surface area (Å²) in [7, 11) is -2.27. The van der Waals surface area contributed by atoms with Crippen molar-refractivity contribution in [1.82, 2.24) is 19.9 Å². The van der Waals surface area contributed by atoms with Gasteiger partial charge in [0.1, 0.15) is 11.5 Å². The summed E-state index contributed by atoms with van der Waals surface area (Å²) in [4.78, 5) is 28.9. The Labute approximate surface area is 211 Å². The SMILES string of the molecule is CCCS(=O)(=O)Nc1ccc(F)c(C(=O)c2c[nH]c3ncc(-c4cnc(NCCOC)nc4)cc23)c1F. The minimum Gasteiger partial charge on any atom is -0.383 e. The fourth-order valence-electron chi connectivity index (χ4n) is 3.64. The standard InChI is InChI=1S/C24H24F2N6O4S/c1-3-8-37(34,35)32-19-5-4-18(25)20(21(19)26)22(33)17-13-29-23-16(17)9-14(10-28-23)15-11-30-24(31-12-15)27-6-7-36-2/h4-5,9-13,32H,3,6-8H2,1-2H3,(H,28,29)(H,27,30,31). The van der Waals surface area contributed by atoms with E-state index in [9.17, 15) is 17.6 Å². The monoisotopic (exact) mass is 530 g/mol. The van der Waals surface area contributed by atoms with Gasteiger partial charge in [-0.3, -0.25) is 9.52 Å². The number of ether oxygens (including phenoxy) is 1. The average Bonchev–Trinajstić information content (AvgIpc) is 3.30. The summed E-state index contributed by atoms with van der Waals surface area (Å²) in [5, 5.41) is 3.32. The molecule has 0 aliphatic carbocycles. The Morgan fingerprint density at radius 3 is 2.54 bits per heavy atom. The van der Waals surface area contributed by atoms with Gasteiger partial charge >= 0.3 is 0 Å². The number of halogens is 2. The number of benzene rings is 1. The lowest BCUT2D eigenvalue weighted by Crippen LogP contribution is -2.18. The molecule has 1 aromatic carbocycles. The zero-order chi connectivity index (χ0) is 26.6. The molecule has 10 nitrogen and oxygen atoms in total. The second kappa shape index (κ2) is 11.0.